The Morgan fingerprint density at radius 1 is 0.733 bits per heavy atom. The third kappa shape index (κ3) is 3.91. The molecule has 0 spiro atoms. The molecule has 0 bridgehead atoms. The maximum atomic E-state index is 4.21. The fourth-order valence-corrected chi connectivity index (χ4v) is 2.63. The van der Waals surface area contributed by atoms with E-state index in [0.717, 1.165) is 10.1 Å². The second-order valence-electron chi connectivity index (χ2n) is 2.50. The van der Waals surface area contributed by atoms with Gasteiger partial charge in [-0.25, -0.2) is 9.97 Å². The molecule has 2 rings (SSSR count). The Hall–Kier alpha value is -1.04. The van der Waals surface area contributed by atoms with Crippen LogP contribution >= 0.6 is 21.6 Å². The summed E-state index contributed by atoms with van der Waals surface area (Å²) in [4.78, 5) is 8.42. The summed E-state index contributed by atoms with van der Waals surface area (Å²) in [6.07, 6.45) is 3.59. The van der Waals surface area contributed by atoms with Crippen molar-refractivity contribution < 1.29 is 0 Å². The van der Waals surface area contributed by atoms with E-state index in [4.69, 9.17) is 0 Å². The lowest BCUT2D eigenvalue weighted by atomic mass is 10.5. The monoisotopic (exact) mass is 237 g/mol. The average molecular weight is 237 g/mol. The normalized spacial score (nSPS) is 9.33. The highest BCUT2D eigenvalue weighted by molar-refractivity contribution is 8.76. The molecule has 3 N–H and O–H groups in total. The first-order chi connectivity index (χ1) is 6.95. The van der Waals surface area contributed by atoms with Crippen molar-refractivity contribution in [1.82, 2.24) is 16.1 Å². The molecule has 78 valence electrons. The first-order valence-electron chi connectivity index (χ1n) is 4.12. The summed E-state index contributed by atoms with van der Waals surface area (Å²) in [5.41, 5.74) is 0. The van der Waals surface area contributed by atoms with Gasteiger partial charge in [0.1, 0.15) is 10.1 Å². The first kappa shape index (κ1) is 12.0. The second kappa shape index (κ2) is 6.44. The van der Waals surface area contributed by atoms with Crippen LogP contribution in [0.1, 0.15) is 0 Å². The number of rotatable bonds is 3. The van der Waals surface area contributed by atoms with Crippen LogP contribution in [0.15, 0.2) is 58.8 Å². The third-order valence-electron chi connectivity index (χ3n) is 1.49. The Bertz CT molecular complexity index is 341. The molecule has 0 aromatic carbocycles. The maximum Gasteiger partial charge on any atom is 0.107 e. The number of pyridine rings is 2. The van der Waals surface area contributed by atoms with E-state index in [1.54, 1.807) is 34.0 Å². The van der Waals surface area contributed by atoms with Gasteiger partial charge in [-0.1, -0.05) is 12.1 Å². The fourth-order valence-electron chi connectivity index (χ4n) is 0.878. The summed E-state index contributed by atoms with van der Waals surface area (Å²) in [5.74, 6) is 0. The molecular formula is C10H11N3S2. The van der Waals surface area contributed by atoms with Crippen LogP contribution in [0.4, 0.5) is 0 Å². The molecular weight excluding hydrogens is 226 g/mol. The molecule has 0 amide bonds. The molecule has 0 atom stereocenters. The first-order valence-corrected chi connectivity index (χ1v) is 6.27. The van der Waals surface area contributed by atoms with Gasteiger partial charge < -0.3 is 6.15 Å². The molecule has 2 aromatic heterocycles. The molecule has 2 heterocycles. The van der Waals surface area contributed by atoms with Crippen LogP contribution in [-0.2, 0) is 0 Å². The van der Waals surface area contributed by atoms with Gasteiger partial charge in [0.15, 0.2) is 0 Å². The second-order valence-corrected chi connectivity index (χ2v) is 4.67. The van der Waals surface area contributed by atoms with Gasteiger partial charge in [-0.05, 0) is 45.9 Å². The van der Waals surface area contributed by atoms with E-state index in [2.05, 4.69) is 9.97 Å². The highest BCUT2D eigenvalue weighted by Gasteiger charge is 1.97. The van der Waals surface area contributed by atoms with Crippen LogP contribution in [0, 0.1) is 0 Å². The van der Waals surface area contributed by atoms with Gasteiger partial charge >= 0.3 is 0 Å². The van der Waals surface area contributed by atoms with E-state index in [1.165, 1.54) is 0 Å². The smallest absolute Gasteiger partial charge is 0.107 e. The van der Waals surface area contributed by atoms with Crippen LogP contribution in [0.3, 0.4) is 0 Å². The largest absolute Gasteiger partial charge is 0.344 e. The Morgan fingerprint density at radius 3 is 1.53 bits per heavy atom. The molecule has 0 fully saturated rings. The number of nitrogens with zero attached hydrogens (tertiary/aromatic N) is 2. The topological polar surface area (TPSA) is 60.8 Å². The predicted molar refractivity (Wildman–Crippen MR) is 65.2 cm³/mol. The zero-order valence-electron chi connectivity index (χ0n) is 8.04. The van der Waals surface area contributed by atoms with Crippen LogP contribution in [0.5, 0.6) is 0 Å². The van der Waals surface area contributed by atoms with Crippen molar-refractivity contribution in [3.8, 4) is 0 Å². The van der Waals surface area contributed by atoms with E-state index in [9.17, 15) is 0 Å². The van der Waals surface area contributed by atoms with Gasteiger partial charge in [0.2, 0.25) is 0 Å². The lowest BCUT2D eigenvalue weighted by Gasteiger charge is -1.97. The summed E-state index contributed by atoms with van der Waals surface area (Å²) in [6.45, 7) is 0. The third-order valence-corrected chi connectivity index (χ3v) is 3.67. The predicted octanol–water partition coefficient (Wildman–Crippen LogP) is 3.44. The Morgan fingerprint density at radius 2 is 1.20 bits per heavy atom. The highest BCUT2D eigenvalue weighted by atomic mass is 33.1. The molecule has 15 heavy (non-hydrogen) atoms. The van der Waals surface area contributed by atoms with Crippen LogP contribution in [0.2, 0.25) is 0 Å². The van der Waals surface area contributed by atoms with Crippen molar-refractivity contribution in [1.29, 1.82) is 0 Å². The van der Waals surface area contributed by atoms with Crippen molar-refractivity contribution in [2.75, 3.05) is 0 Å². The Labute approximate surface area is 96.7 Å². The molecule has 0 unspecified atom stereocenters. The van der Waals surface area contributed by atoms with E-state index in [-0.39, 0.29) is 6.15 Å². The van der Waals surface area contributed by atoms with E-state index in [0.29, 0.717) is 0 Å². The van der Waals surface area contributed by atoms with Gasteiger partial charge in [0.05, 0.1) is 0 Å². The Balaban J connectivity index is 0.00000112. The molecule has 0 saturated heterocycles. The van der Waals surface area contributed by atoms with Gasteiger partial charge in [-0.3, -0.25) is 0 Å². The average Bonchev–Trinajstić information content (AvgIpc) is 2.29. The molecule has 2 aromatic rings. The fraction of sp³-hybridized carbons (Fsp3) is 0. The van der Waals surface area contributed by atoms with Crippen molar-refractivity contribution in [2.45, 2.75) is 10.1 Å². The quantitative estimate of drug-likeness (QED) is 0.829. The molecule has 5 heteroatoms. The van der Waals surface area contributed by atoms with Crippen molar-refractivity contribution >= 4 is 21.6 Å². The number of hydrogen-bond donors (Lipinski definition) is 1. The Kier molecular flexibility index (Phi) is 5.17. The lowest BCUT2D eigenvalue weighted by Crippen LogP contribution is -1.75. The van der Waals surface area contributed by atoms with E-state index < -0.39 is 0 Å². The lowest BCUT2D eigenvalue weighted by molar-refractivity contribution is 1.13. The van der Waals surface area contributed by atoms with Gasteiger partial charge in [-0.2, -0.15) is 0 Å². The summed E-state index contributed by atoms with van der Waals surface area (Å²) >= 11 is 0. The zero-order chi connectivity index (χ0) is 9.64. The van der Waals surface area contributed by atoms with Gasteiger partial charge in [-0.15, -0.1) is 0 Å². The minimum absolute atomic E-state index is 0. The van der Waals surface area contributed by atoms with Crippen molar-refractivity contribution in [3.05, 3.63) is 48.8 Å². The SMILES string of the molecule is N.c1ccc(SSc2ccccn2)nc1. The van der Waals surface area contributed by atoms with Gasteiger partial charge in [0, 0.05) is 12.4 Å². The molecule has 0 saturated carbocycles. The molecule has 0 aliphatic heterocycles. The highest BCUT2D eigenvalue weighted by Crippen LogP contribution is 2.34. The van der Waals surface area contributed by atoms with Crippen LogP contribution < -0.4 is 6.15 Å². The minimum Gasteiger partial charge on any atom is -0.344 e. The van der Waals surface area contributed by atoms with Crippen LogP contribution in [-0.4, -0.2) is 9.97 Å². The summed E-state index contributed by atoms with van der Waals surface area (Å²) < 4.78 is 0. The van der Waals surface area contributed by atoms with Crippen molar-refractivity contribution in [3.63, 3.8) is 0 Å². The summed E-state index contributed by atoms with van der Waals surface area (Å²) in [7, 11) is 3.23. The standard InChI is InChI=1S/C10H8N2S2.H3N/c1-3-7-11-9(5-1)13-14-10-6-2-4-8-12-10;/h1-8H;1H3. The van der Waals surface area contributed by atoms with Gasteiger partial charge in [0.25, 0.3) is 0 Å². The summed E-state index contributed by atoms with van der Waals surface area (Å²) in [6, 6.07) is 11.8. The minimum atomic E-state index is 0. The molecule has 3 nitrogen and oxygen atoms in total. The van der Waals surface area contributed by atoms with Crippen molar-refractivity contribution in [2.24, 2.45) is 0 Å². The molecule has 0 radical (unpaired) electrons. The number of hydrogen-bond acceptors (Lipinski definition) is 5. The summed E-state index contributed by atoms with van der Waals surface area (Å²) in [5, 5.41) is 2.01. The maximum absolute atomic E-state index is 4.21. The van der Waals surface area contributed by atoms with Crippen LogP contribution in [0.25, 0.3) is 0 Å². The van der Waals surface area contributed by atoms with E-state index in [1.807, 2.05) is 36.4 Å². The number of aromatic nitrogens is 2. The molecule has 0 aliphatic carbocycles. The molecule has 0 aliphatic rings. The zero-order valence-corrected chi connectivity index (χ0v) is 9.67. The van der Waals surface area contributed by atoms with E-state index >= 15 is 0 Å².